The second-order valence-electron chi connectivity index (χ2n) is 23.1. The van der Waals surface area contributed by atoms with Crippen LogP contribution in [0, 0.1) is 35.0 Å². The molecule has 23 heteroatoms. The van der Waals surface area contributed by atoms with Crippen molar-refractivity contribution in [1.82, 2.24) is 0 Å². The number of hydrogen-bond acceptors (Lipinski definition) is 23. The van der Waals surface area contributed by atoms with Crippen molar-refractivity contribution in [2.45, 2.75) is 141 Å². The maximum Gasteiger partial charge on any atom is 0.338 e. The van der Waals surface area contributed by atoms with E-state index in [0.717, 1.165) is 13.8 Å². The highest BCUT2D eigenvalue weighted by atomic mass is 16.7. The van der Waals surface area contributed by atoms with E-state index in [9.17, 15) is 43.5 Å². The minimum atomic E-state index is -2.51. The van der Waals surface area contributed by atoms with Gasteiger partial charge in [0, 0.05) is 37.7 Å². The summed E-state index contributed by atoms with van der Waals surface area (Å²) in [6.45, 7) is 11.5. The monoisotopic (exact) mass is 1160 g/mol. The van der Waals surface area contributed by atoms with Gasteiger partial charge in [-0.2, -0.15) is 0 Å². The molecule has 3 heterocycles. The molecule has 2 saturated heterocycles. The molecule has 9 rings (SSSR count). The molecule has 1 unspecified atom stereocenters. The van der Waals surface area contributed by atoms with Crippen molar-refractivity contribution in [2.75, 3.05) is 41.3 Å². The molecule has 3 aliphatic carbocycles. The Balaban J connectivity index is 1.12. The lowest BCUT2D eigenvalue weighted by atomic mass is 9.45. The van der Waals surface area contributed by atoms with Crippen LogP contribution >= 0.6 is 0 Å². The Morgan fingerprint density at radius 2 is 1.29 bits per heavy atom. The van der Waals surface area contributed by atoms with Crippen LogP contribution in [0.3, 0.4) is 0 Å². The largest absolute Gasteiger partial charge is 0.493 e. The van der Waals surface area contributed by atoms with Gasteiger partial charge < -0.3 is 71.4 Å². The number of fused-ring (bicyclic) bond motifs is 4. The maximum atomic E-state index is 14.9. The molecule has 1 N–H and O–H groups in total. The van der Waals surface area contributed by atoms with Crippen LogP contribution in [0.1, 0.15) is 121 Å². The number of benzene rings is 3. The van der Waals surface area contributed by atoms with E-state index in [4.69, 9.17) is 66.3 Å². The first-order chi connectivity index (χ1) is 39.2. The number of ether oxygens (including phenoxy) is 14. The topological polar surface area (TPSA) is 286 Å². The van der Waals surface area contributed by atoms with Crippen LogP contribution in [0.4, 0.5) is 0 Å². The second kappa shape index (κ2) is 22.8. The van der Waals surface area contributed by atoms with Gasteiger partial charge in [-0.1, -0.05) is 45.9 Å². The summed E-state index contributed by atoms with van der Waals surface area (Å²) in [7, 11) is 4.39. The van der Waals surface area contributed by atoms with Gasteiger partial charge in [-0.15, -0.1) is 0 Å². The fraction of sp³-hybridized carbons (Fsp3) is 0.567. The summed E-state index contributed by atoms with van der Waals surface area (Å²) in [5.74, 6) is -10.8. The Bertz CT molecular complexity index is 3030. The molecule has 23 nitrogen and oxygen atoms in total. The van der Waals surface area contributed by atoms with Gasteiger partial charge in [0.15, 0.2) is 40.8 Å². The number of carbonyl (C=O) groups is 8. The third kappa shape index (κ3) is 10.4. The molecular formula is C60H70O23. The Hall–Kier alpha value is -7.66. The summed E-state index contributed by atoms with van der Waals surface area (Å²) in [5.41, 5.74) is -7.46. The lowest BCUT2D eigenvalue weighted by molar-refractivity contribution is -0.363. The summed E-state index contributed by atoms with van der Waals surface area (Å²) in [6.07, 6.45) is -12.0. The Kier molecular flexibility index (Phi) is 16.5. The molecule has 4 fully saturated rings. The molecular weight excluding hydrogens is 1090 g/mol. The van der Waals surface area contributed by atoms with Crippen LogP contribution in [-0.2, 0) is 76.2 Å². The number of methoxy groups -OCH3 is 3. The number of aliphatic hydroxyl groups is 1. The van der Waals surface area contributed by atoms with Crippen molar-refractivity contribution in [3.63, 3.8) is 0 Å². The zero-order chi connectivity index (χ0) is 60.2. The van der Waals surface area contributed by atoms with Crippen LogP contribution < -0.4 is 23.7 Å². The quantitative estimate of drug-likeness (QED) is 0.116. The number of hydrogen-bond donors (Lipinski definition) is 1. The van der Waals surface area contributed by atoms with E-state index in [1.165, 1.54) is 54.2 Å². The van der Waals surface area contributed by atoms with Crippen LogP contribution in [0.25, 0.3) is 0 Å². The van der Waals surface area contributed by atoms with Crippen LogP contribution in [0.15, 0.2) is 54.6 Å². The summed E-state index contributed by atoms with van der Waals surface area (Å²) in [5, 5.41) is 13.4. The molecule has 2 saturated carbocycles. The number of cyclic esters (lactones) is 1. The third-order valence-corrected chi connectivity index (χ3v) is 16.8. The van der Waals surface area contributed by atoms with Gasteiger partial charge >= 0.3 is 47.8 Å². The summed E-state index contributed by atoms with van der Waals surface area (Å²) in [6, 6.07) is 14.5. The molecule has 13 atom stereocenters. The van der Waals surface area contributed by atoms with Gasteiger partial charge in [-0.3, -0.25) is 33.6 Å². The summed E-state index contributed by atoms with van der Waals surface area (Å²) >= 11 is 0. The first-order valence-electron chi connectivity index (χ1n) is 27.4. The minimum absolute atomic E-state index is 0.00450. The number of rotatable bonds is 18. The van der Waals surface area contributed by atoms with E-state index in [1.807, 2.05) is 0 Å². The molecule has 1 spiro atoms. The normalized spacial score (nSPS) is 30.3. The van der Waals surface area contributed by atoms with E-state index >= 15 is 0 Å². The third-order valence-electron chi connectivity index (χ3n) is 16.8. The molecule has 3 aromatic carbocycles. The van der Waals surface area contributed by atoms with E-state index < -0.39 is 168 Å². The fourth-order valence-electron chi connectivity index (χ4n) is 13.4. The smallest absolute Gasteiger partial charge is 0.338 e. The highest BCUT2D eigenvalue weighted by molar-refractivity contribution is 5.89. The van der Waals surface area contributed by atoms with E-state index in [0.29, 0.717) is 45.4 Å². The molecule has 0 radical (unpaired) electrons. The van der Waals surface area contributed by atoms with Crippen LogP contribution in [-0.4, -0.2) is 142 Å². The molecule has 6 aliphatic rings. The van der Waals surface area contributed by atoms with Gasteiger partial charge in [0.05, 0.1) is 81.2 Å². The Labute approximate surface area is 479 Å². The first-order valence-corrected chi connectivity index (χ1v) is 27.4. The maximum absolute atomic E-state index is 14.9. The van der Waals surface area contributed by atoms with Crippen molar-refractivity contribution in [1.29, 1.82) is 0 Å². The van der Waals surface area contributed by atoms with Crippen molar-refractivity contribution >= 4 is 47.8 Å². The van der Waals surface area contributed by atoms with Gasteiger partial charge in [-0.25, -0.2) is 4.79 Å². The predicted molar refractivity (Wildman–Crippen MR) is 283 cm³/mol. The zero-order valence-electron chi connectivity index (χ0n) is 48.3. The standard InChI is InChI=1S/C60H70O23/c1-28(2)53(65)74-26-59-50(78-31(6)62)41(77-30(5)61)24-58(9,69)60(59)51(46(57(7,8)83-60)49(81-54(66)29(3)4)52(59)82-55(67)32-16-14-13-15-17-32)80-43(64)19-18-42(63)79-47-35-23-38-37(75-27-76-38)22-34(35)44(45-36(47)25-73-56(45)68)33-20-39(70-10)48(72-12)40(21-33)71-11/h13-17,20-23,28-29,36,41,44-47,49-52,69H,18-19,24-27H2,1-12H3/t36?,41-,44+,45-,46+,47-,49-,50-,51+,52+,58-,59-,60-/m0/s1. The van der Waals surface area contributed by atoms with Crippen LogP contribution in [0.5, 0.6) is 28.7 Å². The van der Waals surface area contributed by atoms with Crippen LogP contribution in [0.2, 0.25) is 0 Å². The molecule has 3 aliphatic heterocycles. The summed E-state index contributed by atoms with van der Waals surface area (Å²) < 4.78 is 85.3. The minimum Gasteiger partial charge on any atom is -0.493 e. The lowest BCUT2D eigenvalue weighted by Crippen LogP contribution is -2.85. The Morgan fingerprint density at radius 1 is 0.687 bits per heavy atom. The van der Waals surface area contributed by atoms with Crippen molar-refractivity contribution in [3.05, 3.63) is 76.9 Å². The van der Waals surface area contributed by atoms with Crippen molar-refractivity contribution in [3.8, 4) is 28.7 Å². The molecule has 3 aromatic rings. The molecule has 83 heavy (non-hydrogen) atoms. The lowest BCUT2D eigenvalue weighted by Gasteiger charge is -2.66. The van der Waals surface area contributed by atoms with E-state index in [-0.39, 0.29) is 19.0 Å². The number of esters is 8. The van der Waals surface area contributed by atoms with E-state index in [1.54, 1.807) is 70.2 Å². The van der Waals surface area contributed by atoms with Crippen molar-refractivity contribution in [2.24, 2.45) is 35.0 Å². The van der Waals surface area contributed by atoms with Gasteiger partial charge in [-0.05, 0) is 68.3 Å². The van der Waals surface area contributed by atoms with Gasteiger partial charge in [0.1, 0.15) is 36.4 Å². The molecule has 0 aromatic heterocycles. The van der Waals surface area contributed by atoms with Gasteiger partial charge in [0.2, 0.25) is 12.5 Å². The SMILES string of the molecule is COc1cc([C@@H]2c3cc4c(cc3[C@H](OC(=O)CCC(=O)O[C@@H]3[C@H]5[C@H](OC(=O)C(C)C)[C@@H](OC(=O)c6ccccc6)[C@]6(COC(=O)C(C)C)[C@@H](OC(C)=O)[C@@H](OC(C)=O)C[C@](C)(O)[C@@]36OC5(C)C)C3COC(=O)[C@@H]32)OCO4)cc(OC)c1OC. The molecule has 0 amide bonds. The van der Waals surface area contributed by atoms with E-state index in [2.05, 4.69) is 0 Å². The highest BCUT2D eigenvalue weighted by Crippen LogP contribution is 2.70. The highest BCUT2D eigenvalue weighted by Gasteiger charge is 2.89. The molecule has 448 valence electrons. The number of carbonyl (C=O) groups excluding carboxylic acids is 8. The Morgan fingerprint density at radius 3 is 1.87 bits per heavy atom. The molecule has 2 bridgehead atoms. The average Bonchev–Trinajstić information content (AvgIpc) is 1.59. The average molecular weight is 1160 g/mol. The predicted octanol–water partition coefficient (Wildman–Crippen LogP) is 5.83. The zero-order valence-corrected chi connectivity index (χ0v) is 48.3. The summed E-state index contributed by atoms with van der Waals surface area (Å²) in [4.78, 5) is 113. The second-order valence-corrected chi connectivity index (χ2v) is 23.1. The fourth-order valence-corrected chi connectivity index (χ4v) is 13.4. The van der Waals surface area contributed by atoms with Crippen molar-refractivity contribution < 1.29 is 110 Å². The first kappa shape index (κ1) is 59.9. The van der Waals surface area contributed by atoms with Gasteiger partial charge in [0.25, 0.3) is 0 Å².